The summed E-state index contributed by atoms with van der Waals surface area (Å²) in [7, 11) is 0. The third kappa shape index (κ3) is 4.77. The van der Waals surface area contributed by atoms with Crippen LogP contribution in [0.25, 0.3) is 0 Å². The molecule has 1 aromatic heterocycles. The van der Waals surface area contributed by atoms with Crippen LogP contribution in [0.15, 0.2) is 30.3 Å². The van der Waals surface area contributed by atoms with Gasteiger partial charge in [-0.25, -0.2) is 0 Å². The number of aromatic nitrogens is 1. The van der Waals surface area contributed by atoms with Crippen LogP contribution in [0.2, 0.25) is 0 Å². The van der Waals surface area contributed by atoms with Gasteiger partial charge in [0.05, 0.1) is 6.10 Å². The Kier molecular flexibility index (Phi) is 5.96. The van der Waals surface area contributed by atoms with Gasteiger partial charge in [0.15, 0.2) is 6.61 Å². The third-order valence-electron chi connectivity index (χ3n) is 4.81. The number of benzene rings is 1. The topological polar surface area (TPSA) is 69.6 Å². The lowest BCUT2D eigenvalue weighted by Crippen LogP contribution is -2.18. The van der Waals surface area contributed by atoms with E-state index >= 15 is 0 Å². The van der Waals surface area contributed by atoms with E-state index in [4.69, 9.17) is 9.47 Å². The lowest BCUT2D eigenvalue weighted by atomic mass is 10.1. The van der Waals surface area contributed by atoms with Gasteiger partial charge in [0, 0.05) is 48.8 Å². The summed E-state index contributed by atoms with van der Waals surface area (Å²) in [5.41, 5.74) is 3.33. The summed E-state index contributed by atoms with van der Waals surface area (Å²) >= 11 is 0. The maximum atomic E-state index is 12.7. The van der Waals surface area contributed by atoms with E-state index in [1.165, 1.54) is 6.92 Å². The molecule has 0 bridgehead atoms. The fraction of sp³-hybridized carbons (Fsp3) is 0.429. The Labute approximate surface area is 159 Å². The first-order valence-corrected chi connectivity index (χ1v) is 9.26. The Morgan fingerprint density at radius 2 is 2.11 bits per heavy atom. The molecule has 6 heteroatoms. The Bertz CT molecular complexity index is 835. The molecule has 1 aliphatic rings. The number of rotatable bonds is 7. The smallest absolute Gasteiger partial charge is 0.221 e. The van der Waals surface area contributed by atoms with Gasteiger partial charge in [-0.1, -0.05) is 6.07 Å². The molecule has 0 unspecified atom stereocenters. The zero-order valence-electron chi connectivity index (χ0n) is 16.1. The van der Waals surface area contributed by atoms with Gasteiger partial charge >= 0.3 is 0 Å². The second-order valence-corrected chi connectivity index (χ2v) is 6.95. The Morgan fingerprint density at radius 3 is 2.81 bits per heavy atom. The largest absolute Gasteiger partial charge is 0.485 e. The predicted molar refractivity (Wildman–Crippen MR) is 103 cm³/mol. The van der Waals surface area contributed by atoms with E-state index in [1.807, 2.05) is 19.9 Å². The summed E-state index contributed by atoms with van der Waals surface area (Å²) < 4.78 is 13.5. The minimum atomic E-state index is -0.151. The van der Waals surface area contributed by atoms with Crippen LogP contribution in [-0.4, -0.2) is 35.6 Å². The van der Waals surface area contributed by atoms with Crippen LogP contribution in [0.4, 0.5) is 5.69 Å². The number of hydrogen-bond donors (Lipinski definition) is 1. The Balaban J connectivity index is 1.65. The minimum Gasteiger partial charge on any atom is -0.485 e. The van der Waals surface area contributed by atoms with Gasteiger partial charge in [0.25, 0.3) is 0 Å². The molecule has 1 amide bonds. The van der Waals surface area contributed by atoms with Crippen molar-refractivity contribution in [2.45, 2.75) is 46.3 Å². The van der Waals surface area contributed by atoms with Gasteiger partial charge in [-0.3, -0.25) is 9.59 Å². The zero-order valence-corrected chi connectivity index (χ0v) is 16.1. The first kappa shape index (κ1) is 19.2. The molecule has 1 atom stereocenters. The number of nitrogens with zero attached hydrogens (tertiary/aromatic N) is 1. The van der Waals surface area contributed by atoms with Gasteiger partial charge < -0.3 is 19.4 Å². The summed E-state index contributed by atoms with van der Waals surface area (Å²) in [6, 6.07) is 8.94. The average molecular weight is 370 g/mol. The number of Topliss-reactive ketones (excluding diaryl/α,β-unsaturated/α-hetero) is 1. The molecule has 2 heterocycles. The van der Waals surface area contributed by atoms with Crippen LogP contribution >= 0.6 is 0 Å². The van der Waals surface area contributed by atoms with Crippen molar-refractivity contribution in [1.29, 1.82) is 0 Å². The second-order valence-electron chi connectivity index (χ2n) is 6.95. The predicted octanol–water partition coefficient (Wildman–Crippen LogP) is 3.50. The van der Waals surface area contributed by atoms with Crippen molar-refractivity contribution in [2.24, 2.45) is 0 Å². The number of hydrogen-bond acceptors (Lipinski definition) is 4. The summed E-state index contributed by atoms with van der Waals surface area (Å²) in [6.45, 7) is 6.98. The molecule has 144 valence electrons. The lowest BCUT2D eigenvalue weighted by molar-refractivity contribution is -0.114. The highest BCUT2D eigenvalue weighted by Gasteiger charge is 2.21. The quantitative estimate of drug-likeness (QED) is 0.758. The van der Waals surface area contributed by atoms with Crippen molar-refractivity contribution in [3.8, 4) is 5.75 Å². The van der Waals surface area contributed by atoms with Gasteiger partial charge in [0.2, 0.25) is 11.7 Å². The van der Waals surface area contributed by atoms with Crippen LogP contribution in [-0.2, 0) is 16.1 Å². The molecule has 1 aliphatic heterocycles. The molecule has 27 heavy (non-hydrogen) atoms. The fourth-order valence-electron chi connectivity index (χ4n) is 3.45. The van der Waals surface area contributed by atoms with Crippen LogP contribution in [0.3, 0.4) is 0 Å². The molecule has 1 fully saturated rings. The van der Waals surface area contributed by atoms with Gasteiger partial charge in [-0.15, -0.1) is 0 Å². The maximum absolute atomic E-state index is 12.7. The molecule has 6 nitrogen and oxygen atoms in total. The maximum Gasteiger partial charge on any atom is 0.221 e. The normalized spacial score (nSPS) is 16.3. The monoisotopic (exact) mass is 370 g/mol. The van der Waals surface area contributed by atoms with Crippen LogP contribution in [0.1, 0.15) is 41.5 Å². The van der Waals surface area contributed by atoms with E-state index in [2.05, 4.69) is 9.88 Å². The number of ether oxygens (including phenoxy) is 2. The molecule has 0 saturated carbocycles. The summed E-state index contributed by atoms with van der Waals surface area (Å²) in [5, 5.41) is 2.70. The standard InChI is InChI=1S/C21H26N2O4/c1-14-10-20(15(2)23(14)12-19-8-5-9-26-19)21(25)13-27-18-7-4-6-17(11-18)22-16(3)24/h4,6-7,10-11,19H,5,8-9,12-13H2,1-3H3,(H,22,24)/t19-/m0/s1. The molecule has 3 rings (SSSR count). The minimum absolute atomic E-state index is 0.0479. The average Bonchev–Trinajstić information content (AvgIpc) is 3.23. The van der Waals surface area contributed by atoms with Gasteiger partial charge in [0.1, 0.15) is 5.75 Å². The fourth-order valence-corrected chi connectivity index (χ4v) is 3.45. The van der Waals surface area contributed by atoms with E-state index in [-0.39, 0.29) is 24.4 Å². The Hall–Kier alpha value is -2.60. The van der Waals surface area contributed by atoms with Crippen LogP contribution in [0.5, 0.6) is 5.75 Å². The molecule has 0 aliphatic carbocycles. The number of carbonyl (C=O) groups excluding carboxylic acids is 2. The zero-order chi connectivity index (χ0) is 19.4. The van der Waals surface area contributed by atoms with E-state index in [9.17, 15) is 9.59 Å². The molecule has 1 aromatic carbocycles. The van der Waals surface area contributed by atoms with Crippen LogP contribution < -0.4 is 10.1 Å². The van der Waals surface area contributed by atoms with Crippen molar-refractivity contribution >= 4 is 17.4 Å². The molecular formula is C21H26N2O4. The Morgan fingerprint density at radius 1 is 1.30 bits per heavy atom. The van der Waals surface area contributed by atoms with Crippen molar-refractivity contribution < 1.29 is 19.1 Å². The van der Waals surface area contributed by atoms with E-state index in [0.717, 1.165) is 37.4 Å². The van der Waals surface area contributed by atoms with E-state index in [1.54, 1.807) is 24.3 Å². The van der Waals surface area contributed by atoms with Crippen molar-refractivity contribution in [2.75, 3.05) is 18.5 Å². The highest BCUT2D eigenvalue weighted by molar-refractivity contribution is 5.98. The van der Waals surface area contributed by atoms with Crippen LogP contribution in [0, 0.1) is 13.8 Å². The second kappa shape index (κ2) is 8.39. The number of aryl methyl sites for hydroxylation is 1. The molecular weight excluding hydrogens is 344 g/mol. The first-order valence-electron chi connectivity index (χ1n) is 9.26. The van der Waals surface area contributed by atoms with E-state index in [0.29, 0.717) is 17.0 Å². The molecule has 0 spiro atoms. The van der Waals surface area contributed by atoms with Crippen molar-refractivity contribution in [3.05, 3.63) is 47.3 Å². The number of amides is 1. The number of anilines is 1. The first-order chi connectivity index (χ1) is 12.9. The number of carbonyl (C=O) groups is 2. The van der Waals surface area contributed by atoms with Crippen molar-refractivity contribution in [1.82, 2.24) is 4.57 Å². The summed E-state index contributed by atoms with van der Waals surface area (Å²) in [6.07, 6.45) is 2.39. The third-order valence-corrected chi connectivity index (χ3v) is 4.81. The number of nitrogens with one attached hydrogen (secondary N) is 1. The molecule has 0 radical (unpaired) electrons. The highest BCUT2D eigenvalue weighted by atomic mass is 16.5. The van der Waals surface area contributed by atoms with Gasteiger partial charge in [-0.2, -0.15) is 0 Å². The van der Waals surface area contributed by atoms with E-state index < -0.39 is 0 Å². The molecule has 2 aromatic rings. The molecule has 1 N–H and O–H groups in total. The highest BCUT2D eigenvalue weighted by Crippen LogP contribution is 2.22. The number of ketones is 1. The van der Waals surface area contributed by atoms with Crippen molar-refractivity contribution in [3.63, 3.8) is 0 Å². The summed E-state index contributed by atoms with van der Waals surface area (Å²) in [4.78, 5) is 23.8. The summed E-state index contributed by atoms with van der Waals surface area (Å²) in [5.74, 6) is 0.330. The SMILES string of the molecule is CC(=O)Nc1cccc(OCC(=O)c2cc(C)n(C[C@@H]3CCCO3)c2C)c1. The molecule has 1 saturated heterocycles. The van der Waals surface area contributed by atoms with Gasteiger partial charge in [-0.05, 0) is 44.9 Å². The lowest BCUT2D eigenvalue weighted by Gasteiger charge is -2.15.